The maximum absolute atomic E-state index is 6.07. The van der Waals surface area contributed by atoms with E-state index in [1.807, 2.05) is 13.8 Å². The predicted molar refractivity (Wildman–Crippen MR) is 70.4 cm³/mol. The molecule has 1 rings (SSSR count). The molecule has 98 valence electrons. The van der Waals surface area contributed by atoms with Crippen molar-refractivity contribution >= 4 is 0 Å². The monoisotopic (exact) mass is 238 g/mol. The van der Waals surface area contributed by atoms with Gasteiger partial charge < -0.3 is 9.47 Å². The average molecular weight is 238 g/mol. The van der Waals surface area contributed by atoms with Gasteiger partial charge in [0.2, 0.25) is 0 Å². The first kappa shape index (κ1) is 14.5. The lowest BCUT2D eigenvalue weighted by atomic mass is 9.82. The molecule has 0 radical (unpaired) electrons. The van der Waals surface area contributed by atoms with E-state index in [2.05, 4.69) is 33.6 Å². The number of hydrogen-bond donors (Lipinski definition) is 0. The summed E-state index contributed by atoms with van der Waals surface area (Å²) in [5.74, 6) is 3.26. The molecule has 1 saturated heterocycles. The van der Waals surface area contributed by atoms with Gasteiger partial charge in [-0.3, -0.25) is 0 Å². The van der Waals surface area contributed by atoms with Crippen molar-refractivity contribution in [2.75, 3.05) is 0 Å². The zero-order valence-corrected chi connectivity index (χ0v) is 12.0. The normalized spacial score (nSPS) is 35.9. The maximum atomic E-state index is 6.07. The second kappa shape index (κ2) is 5.42. The molecule has 2 nitrogen and oxygen atoms in total. The minimum atomic E-state index is -0.531. The summed E-state index contributed by atoms with van der Waals surface area (Å²) in [4.78, 5) is 0. The zero-order chi connectivity index (χ0) is 13.2. The van der Waals surface area contributed by atoms with Crippen molar-refractivity contribution in [2.24, 2.45) is 17.8 Å². The minimum Gasteiger partial charge on any atom is -0.347 e. The van der Waals surface area contributed by atoms with Gasteiger partial charge in [0.15, 0.2) is 5.79 Å². The first-order valence-electron chi connectivity index (χ1n) is 6.64. The van der Waals surface area contributed by atoms with E-state index in [0.29, 0.717) is 11.8 Å². The van der Waals surface area contributed by atoms with E-state index in [1.54, 1.807) is 0 Å². The van der Waals surface area contributed by atoms with Crippen LogP contribution in [0, 0.1) is 30.1 Å². The van der Waals surface area contributed by atoms with Crippen molar-refractivity contribution in [3.05, 3.63) is 0 Å². The van der Waals surface area contributed by atoms with Crippen LogP contribution in [0.15, 0.2) is 0 Å². The third kappa shape index (κ3) is 3.24. The summed E-state index contributed by atoms with van der Waals surface area (Å²) in [6.45, 7) is 12.6. The van der Waals surface area contributed by atoms with Gasteiger partial charge in [0, 0.05) is 11.8 Å². The van der Waals surface area contributed by atoms with Crippen LogP contribution in [0.25, 0.3) is 0 Å². The highest BCUT2D eigenvalue weighted by Gasteiger charge is 2.44. The fraction of sp³-hybridized carbons (Fsp3) is 0.867. The standard InChI is InChI=1S/C15H26O2/c1-8-10(3)13-12(5)14(11(4)9-2)17-15(6,7)16-13/h1,10-14H,9H2,2-7H3/t10-,11+,12+,13-,14+/m0/s1. The summed E-state index contributed by atoms with van der Waals surface area (Å²) >= 11 is 0. The topological polar surface area (TPSA) is 18.5 Å². The summed E-state index contributed by atoms with van der Waals surface area (Å²) in [6.07, 6.45) is 6.96. The molecule has 0 N–H and O–H groups in total. The molecule has 5 atom stereocenters. The van der Waals surface area contributed by atoms with Crippen molar-refractivity contribution in [1.29, 1.82) is 0 Å². The van der Waals surface area contributed by atoms with Gasteiger partial charge in [-0.25, -0.2) is 0 Å². The van der Waals surface area contributed by atoms with Crippen molar-refractivity contribution in [3.63, 3.8) is 0 Å². The summed E-state index contributed by atoms with van der Waals surface area (Å²) in [7, 11) is 0. The molecule has 0 unspecified atom stereocenters. The van der Waals surface area contributed by atoms with E-state index in [4.69, 9.17) is 15.9 Å². The predicted octanol–water partition coefficient (Wildman–Crippen LogP) is 3.46. The summed E-state index contributed by atoms with van der Waals surface area (Å²) < 4.78 is 12.1. The zero-order valence-electron chi connectivity index (χ0n) is 12.0. The van der Waals surface area contributed by atoms with Gasteiger partial charge in [-0.2, -0.15) is 0 Å². The van der Waals surface area contributed by atoms with Gasteiger partial charge in [0.05, 0.1) is 12.2 Å². The van der Waals surface area contributed by atoms with Gasteiger partial charge >= 0.3 is 0 Å². The molecule has 0 aromatic heterocycles. The Balaban J connectivity index is 2.91. The first-order valence-corrected chi connectivity index (χ1v) is 6.64. The molecule has 1 aliphatic rings. The largest absolute Gasteiger partial charge is 0.347 e. The highest BCUT2D eigenvalue weighted by Crippen LogP contribution is 2.37. The Morgan fingerprint density at radius 1 is 1.24 bits per heavy atom. The minimum absolute atomic E-state index is 0.0859. The van der Waals surface area contributed by atoms with Crippen molar-refractivity contribution in [2.45, 2.75) is 66.0 Å². The lowest BCUT2D eigenvalue weighted by Gasteiger charge is -2.48. The molecule has 2 heteroatoms. The summed E-state index contributed by atoms with van der Waals surface area (Å²) in [6, 6.07) is 0. The third-order valence-electron chi connectivity index (χ3n) is 3.84. The molecule has 17 heavy (non-hydrogen) atoms. The fourth-order valence-corrected chi connectivity index (χ4v) is 2.60. The number of terminal acetylenes is 1. The summed E-state index contributed by atoms with van der Waals surface area (Å²) in [5, 5.41) is 0. The van der Waals surface area contributed by atoms with E-state index in [1.165, 1.54) is 0 Å². The lowest BCUT2D eigenvalue weighted by molar-refractivity contribution is -0.331. The Kier molecular flexibility index (Phi) is 4.63. The molecule has 0 aromatic carbocycles. The van der Waals surface area contributed by atoms with Crippen LogP contribution >= 0.6 is 0 Å². The van der Waals surface area contributed by atoms with Crippen LogP contribution in [0.3, 0.4) is 0 Å². The molecule has 1 heterocycles. The van der Waals surface area contributed by atoms with E-state index in [9.17, 15) is 0 Å². The third-order valence-corrected chi connectivity index (χ3v) is 3.84. The lowest BCUT2D eigenvalue weighted by Crippen LogP contribution is -2.53. The quantitative estimate of drug-likeness (QED) is 0.701. The molecular weight excluding hydrogens is 212 g/mol. The van der Waals surface area contributed by atoms with E-state index in [-0.39, 0.29) is 18.1 Å². The molecule has 0 aromatic rings. The van der Waals surface area contributed by atoms with Crippen molar-refractivity contribution < 1.29 is 9.47 Å². The Hall–Kier alpha value is -0.520. The highest BCUT2D eigenvalue weighted by molar-refractivity contribution is 4.99. The van der Waals surface area contributed by atoms with Crippen LogP contribution < -0.4 is 0 Å². The van der Waals surface area contributed by atoms with Crippen LogP contribution in [0.5, 0.6) is 0 Å². The fourth-order valence-electron chi connectivity index (χ4n) is 2.60. The average Bonchev–Trinajstić information content (AvgIpc) is 2.29. The van der Waals surface area contributed by atoms with Crippen LogP contribution in [0.1, 0.15) is 48.0 Å². The van der Waals surface area contributed by atoms with Gasteiger partial charge in [0.1, 0.15) is 0 Å². The van der Waals surface area contributed by atoms with Gasteiger partial charge in [-0.05, 0) is 26.7 Å². The molecule has 0 aliphatic carbocycles. The second-order valence-corrected chi connectivity index (χ2v) is 5.76. The molecule has 0 spiro atoms. The summed E-state index contributed by atoms with van der Waals surface area (Å²) in [5.41, 5.74) is 0. The van der Waals surface area contributed by atoms with Crippen LogP contribution in [0.2, 0.25) is 0 Å². The van der Waals surface area contributed by atoms with Crippen LogP contribution in [0.4, 0.5) is 0 Å². The van der Waals surface area contributed by atoms with E-state index in [0.717, 1.165) is 6.42 Å². The SMILES string of the molecule is C#C[C@H](C)[C@@H]1OC(C)(C)O[C@H]([C@H](C)CC)[C@@H]1C. The molecule has 1 fully saturated rings. The molecule has 0 saturated carbocycles. The first-order chi connectivity index (χ1) is 7.82. The highest BCUT2D eigenvalue weighted by atomic mass is 16.7. The van der Waals surface area contributed by atoms with Gasteiger partial charge in [0.25, 0.3) is 0 Å². The molecular formula is C15H26O2. The second-order valence-electron chi connectivity index (χ2n) is 5.76. The van der Waals surface area contributed by atoms with E-state index >= 15 is 0 Å². The molecule has 0 bridgehead atoms. The van der Waals surface area contributed by atoms with Crippen molar-refractivity contribution in [1.82, 2.24) is 0 Å². The van der Waals surface area contributed by atoms with Gasteiger partial charge in [-0.15, -0.1) is 12.3 Å². The molecule has 1 aliphatic heterocycles. The number of ether oxygens (including phenoxy) is 2. The Morgan fingerprint density at radius 3 is 2.24 bits per heavy atom. The van der Waals surface area contributed by atoms with Crippen molar-refractivity contribution in [3.8, 4) is 12.3 Å². The van der Waals surface area contributed by atoms with Gasteiger partial charge in [-0.1, -0.05) is 27.2 Å². The maximum Gasteiger partial charge on any atom is 0.163 e. The Labute approximate surface area is 106 Å². The smallest absolute Gasteiger partial charge is 0.163 e. The van der Waals surface area contributed by atoms with Crippen LogP contribution in [-0.2, 0) is 9.47 Å². The Morgan fingerprint density at radius 2 is 1.76 bits per heavy atom. The number of rotatable bonds is 3. The Bertz CT molecular complexity index is 290. The van der Waals surface area contributed by atoms with E-state index < -0.39 is 5.79 Å². The van der Waals surface area contributed by atoms with Crippen LogP contribution in [-0.4, -0.2) is 18.0 Å². The number of hydrogen-bond acceptors (Lipinski definition) is 2. The molecule has 0 amide bonds.